The van der Waals surface area contributed by atoms with Crippen LogP contribution in [0.15, 0.2) is 152 Å². The number of nitrogens with one attached hydrogen (secondary N) is 1. The van der Waals surface area contributed by atoms with E-state index in [1.165, 1.54) is 5.39 Å². The van der Waals surface area contributed by atoms with Gasteiger partial charge in [0.2, 0.25) is 0 Å². The summed E-state index contributed by atoms with van der Waals surface area (Å²) in [5, 5.41) is 11.3. The Morgan fingerprint density at radius 1 is 0.660 bits per heavy atom. The largest absolute Gasteiger partial charge is 0.508 e. The first-order valence-electron chi connectivity index (χ1n) is 17.4. The topological polar surface area (TPSA) is 97.3 Å². The van der Waals surface area contributed by atoms with Crippen molar-refractivity contribution in [3.8, 4) is 5.75 Å². The van der Waals surface area contributed by atoms with E-state index < -0.39 is 16.8 Å². The van der Waals surface area contributed by atoms with Crippen molar-refractivity contribution in [2.45, 2.75) is 17.8 Å². The maximum absolute atomic E-state index is 12.9. The molecule has 6 aromatic rings. The van der Waals surface area contributed by atoms with Crippen LogP contribution in [0.2, 0.25) is 0 Å². The predicted molar refractivity (Wildman–Crippen MR) is 209 cm³/mol. The molecule has 0 radical (unpaired) electrons. The van der Waals surface area contributed by atoms with E-state index in [0.29, 0.717) is 31.0 Å². The van der Waals surface area contributed by atoms with Gasteiger partial charge < -0.3 is 14.2 Å². The van der Waals surface area contributed by atoms with E-state index in [4.69, 9.17) is 19.4 Å². The van der Waals surface area contributed by atoms with E-state index in [1.54, 1.807) is 36.5 Å². The zero-order valence-corrected chi connectivity index (χ0v) is 30.3. The zero-order chi connectivity index (χ0) is 36.9. The van der Waals surface area contributed by atoms with Crippen LogP contribution >= 0.6 is 11.8 Å². The first kappa shape index (κ1) is 37.2. The van der Waals surface area contributed by atoms with Gasteiger partial charge in [0.05, 0.1) is 11.9 Å². The Morgan fingerprint density at radius 2 is 1.23 bits per heavy atom. The molecule has 0 bridgehead atoms. The quantitative estimate of drug-likeness (QED) is 0.0336. The Hall–Kier alpha value is -5.61. The van der Waals surface area contributed by atoms with Gasteiger partial charge in [-0.2, -0.15) is 0 Å². The minimum atomic E-state index is -0.718. The standard InChI is InChI=1S/C44H42N2O6S/c1-50-41-24-22-40(23-25-41)44(38-12-4-2-5-13-38,39-14-6-3-7-15-39)53-29-28-52-43(48)51-27-26-46(31-33-16-20-36(21-17-33)42(47)45-49)32-34-18-19-35-10-8-9-11-37(35)30-34/h2-25,30,49H,26-29,31-32H2,1H3,(H,45,47). The molecule has 9 heteroatoms. The van der Waals surface area contributed by atoms with Gasteiger partial charge in [0.25, 0.3) is 5.91 Å². The van der Waals surface area contributed by atoms with Gasteiger partial charge in [-0.1, -0.05) is 121 Å². The molecule has 53 heavy (non-hydrogen) atoms. The Labute approximate surface area is 314 Å². The number of nitrogens with zero attached hydrogens (tertiary/aromatic N) is 1. The van der Waals surface area contributed by atoms with E-state index in [1.807, 2.05) is 72.8 Å². The number of thioether (sulfide) groups is 1. The van der Waals surface area contributed by atoms with E-state index in [0.717, 1.165) is 39.0 Å². The molecule has 0 aromatic heterocycles. The molecule has 270 valence electrons. The molecular weight excluding hydrogens is 685 g/mol. The molecule has 0 aliphatic rings. The molecule has 0 aliphatic heterocycles. The summed E-state index contributed by atoms with van der Waals surface area (Å²) in [7, 11) is 1.66. The monoisotopic (exact) mass is 726 g/mol. The molecule has 8 nitrogen and oxygen atoms in total. The van der Waals surface area contributed by atoms with Gasteiger partial charge in [-0.15, -0.1) is 11.8 Å². The lowest BCUT2D eigenvalue weighted by atomic mass is 9.84. The van der Waals surface area contributed by atoms with Crippen LogP contribution in [-0.2, 0) is 27.3 Å². The van der Waals surface area contributed by atoms with Crippen molar-refractivity contribution in [2.75, 3.05) is 32.6 Å². The SMILES string of the molecule is COc1ccc(C(SCCOC(=O)OCCN(Cc2ccc(C(=O)NO)cc2)Cc2ccc3ccccc3c2)(c2ccccc2)c2ccccc2)cc1. The lowest BCUT2D eigenvalue weighted by Gasteiger charge is -2.35. The van der Waals surface area contributed by atoms with E-state index >= 15 is 0 Å². The second kappa shape index (κ2) is 18.2. The molecule has 0 unspecified atom stereocenters. The number of ether oxygens (including phenoxy) is 3. The average Bonchev–Trinajstić information content (AvgIpc) is 3.21. The molecule has 0 heterocycles. The molecule has 0 fully saturated rings. The summed E-state index contributed by atoms with van der Waals surface area (Å²) < 4.78 is 16.1. The molecule has 0 atom stereocenters. The molecule has 0 spiro atoms. The normalized spacial score (nSPS) is 11.3. The maximum Gasteiger partial charge on any atom is 0.508 e. The summed E-state index contributed by atoms with van der Waals surface area (Å²) in [6.45, 7) is 1.92. The summed E-state index contributed by atoms with van der Waals surface area (Å²) in [5.74, 6) is 0.727. The summed E-state index contributed by atoms with van der Waals surface area (Å²) >= 11 is 1.70. The first-order chi connectivity index (χ1) is 26.0. The maximum atomic E-state index is 12.9. The fourth-order valence-corrected chi connectivity index (χ4v) is 7.82. The summed E-state index contributed by atoms with van der Waals surface area (Å²) in [5.41, 5.74) is 7.42. The highest BCUT2D eigenvalue weighted by molar-refractivity contribution is 8.00. The van der Waals surface area contributed by atoms with Crippen LogP contribution in [-0.4, -0.2) is 54.8 Å². The van der Waals surface area contributed by atoms with Crippen molar-refractivity contribution >= 4 is 34.6 Å². The second-order valence-electron chi connectivity index (χ2n) is 12.5. The zero-order valence-electron chi connectivity index (χ0n) is 29.5. The van der Waals surface area contributed by atoms with Gasteiger partial charge in [0.1, 0.15) is 19.0 Å². The fraction of sp³-hybridized carbons (Fsp3) is 0.182. The van der Waals surface area contributed by atoms with Crippen molar-refractivity contribution in [1.29, 1.82) is 0 Å². The third-order valence-corrected chi connectivity index (χ3v) is 10.6. The summed E-state index contributed by atoms with van der Waals surface area (Å²) in [4.78, 5) is 26.9. The molecule has 6 rings (SSSR count). The summed E-state index contributed by atoms with van der Waals surface area (Å²) in [6, 6.07) is 50.4. The third kappa shape index (κ3) is 9.44. The van der Waals surface area contributed by atoms with Crippen LogP contribution in [0, 0.1) is 0 Å². The van der Waals surface area contributed by atoms with Crippen LogP contribution < -0.4 is 10.2 Å². The number of hydrogen-bond acceptors (Lipinski definition) is 8. The van der Waals surface area contributed by atoms with Gasteiger partial charge in [-0.25, -0.2) is 10.3 Å². The molecule has 0 saturated heterocycles. The minimum Gasteiger partial charge on any atom is -0.497 e. The number of hydroxylamine groups is 1. The van der Waals surface area contributed by atoms with Gasteiger partial charge in [-0.3, -0.25) is 14.9 Å². The molecule has 6 aromatic carbocycles. The van der Waals surface area contributed by atoms with E-state index in [2.05, 4.69) is 71.6 Å². The van der Waals surface area contributed by atoms with Crippen LogP contribution in [0.5, 0.6) is 5.75 Å². The van der Waals surface area contributed by atoms with Crippen LogP contribution in [0.25, 0.3) is 10.8 Å². The molecular formula is C44H42N2O6S. The number of benzene rings is 6. The van der Waals surface area contributed by atoms with Crippen molar-refractivity contribution in [3.05, 3.63) is 185 Å². The second-order valence-corrected chi connectivity index (χ2v) is 13.8. The van der Waals surface area contributed by atoms with Crippen LogP contribution in [0.1, 0.15) is 38.2 Å². The van der Waals surface area contributed by atoms with Gasteiger partial charge in [-0.05, 0) is 68.9 Å². The highest BCUT2D eigenvalue weighted by Crippen LogP contribution is 2.48. The smallest absolute Gasteiger partial charge is 0.497 e. The molecule has 2 N–H and O–H groups in total. The predicted octanol–water partition coefficient (Wildman–Crippen LogP) is 8.85. The van der Waals surface area contributed by atoms with Crippen molar-refractivity contribution in [3.63, 3.8) is 0 Å². The number of methoxy groups -OCH3 is 1. The fourth-order valence-electron chi connectivity index (χ4n) is 6.43. The number of fused-ring (bicyclic) bond motifs is 1. The van der Waals surface area contributed by atoms with E-state index in [-0.39, 0.29) is 13.2 Å². The van der Waals surface area contributed by atoms with Gasteiger partial charge >= 0.3 is 6.16 Å². The van der Waals surface area contributed by atoms with Crippen molar-refractivity contribution in [2.24, 2.45) is 0 Å². The van der Waals surface area contributed by atoms with Crippen molar-refractivity contribution in [1.82, 2.24) is 10.4 Å². The van der Waals surface area contributed by atoms with Crippen LogP contribution in [0.4, 0.5) is 4.79 Å². The molecule has 1 amide bonds. The molecule has 0 saturated carbocycles. The minimum absolute atomic E-state index is 0.133. The lowest BCUT2D eigenvalue weighted by molar-refractivity contribution is 0.0505. The Kier molecular flexibility index (Phi) is 12.8. The number of carbonyl (C=O) groups is 2. The number of carbonyl (C=O) groups excluding carboxylic acids is 2. The summed E-state index contributed by atoms with van der Waals surface area (Å²) in [6.07, 6.45) is -0.718. The number of rotatable bonds is 16. The number of amides is 1. The first-order valence-corrected chi connectivity index (χ1v) is 18.4. The Bertz CT molecular complexity index is 2040. The highest BCUT2D eigenvalue weighted by atomic mass is 32.2. The lowest BCUT2D eigenvalue weighted by Crippen LogP contribution is -2.28. The average molecular weight is 727 g/mol. The third-order valence-electron chi connectivity index (χ3n) is 9.05. The van der Waals surface area contributed by atoms with Crippen molar-refractivity contribution < 1.29 is 29.0 Å². The van der Waals surface area contributed by atoms with E-state index in [9.17, 15) is 9.59 Å². The van der Waals surface area contributed by atoms with Gasteiger partial charge in [0, 0.05) is 31.0 Å². The molecule has 0 aliphatic carbocycles. The Morgan fingerprint density at radius 3 is 1.87 bits per heavy atom. The highest BCUT2D eigenvalue weighted by Gasteiger charge is 2.37. The number of hydrogen-bond donors (Lipinski definition) is 2. The Balaban J connectivity index is 1.10. The van der Waals surface area contributed by atoms with Crippen LogP contribution in [0.3, 0.4) is 0 Å². The van der Waals surface area contributed by atoms with Gasteiger partial charge in [0.15, 0.2) is 0 Å².